The van der Waals surface area contributed by atoms with Crippen LogP contribution in [-0.2, 0) is 23.3 Å². The molecule has 43 heavy (non-hydrogen) atoms. The second kappa shape index (κ2) is 11.9. The topological polar surface area (TPSA) is 145 Å². The van der Waals surface area contributed by atoms with Crippen molar-refractivity contribution in [2.45, 2.75) is 27.8 Å². The number of phenols is 1. The fourth-order valence-corrected chi connectivity index (χ4v) is 6.30. The summed E-state index contributed by atoms with van der Waals surface area (Å²) >= 11 is 1.59. The van der Waals surface area contributed by atoms with Crippen LogP contribution in [0.5, 0.6) is 5.75 Å². The van der Waals surface area contributed by atoms with E-state index in [-0.39, 0.29) is 17.3 Å². The van der Waals surface area contributed by atoms with E-state index in [0.717, 1.165) is 37.9 Å². The molecule has 0 fully saturated rings. The molecular formula is C32H26N4O5S2. The van der Waals surface area contributed by atoms with E-state index in [9.17, 15) is 23.2 Å². The molecule has 9 nitrogen and oxygen atoms in total. The molecule has 1 aromatic heterocycles. The van der Waals surface area contributed by atoms with Gasteiger partial charge in [-0.05, 0) is 59.0 Å². The lowest BCUT2D eigenvalue weighted by Gasteiger charge is -2.14. The maximum absolute atomic E-state index is 11.6. The molecule has 0 bridgehead atoms. The Hall–Kier alpha value is -4.68. The van der Waals surface area contributed by atoms with Crippen molar-refractivity contribution in [1.82, 2.24) is 9.97 Å². The van der Waals surface area contributed by atoms with Crippen molar-refractivity contribution in [1.29, 1.82) is 0 Å². The fourth-order valence-electron chi connectivity index (χ4n) is 4.70. The van der Waals surface area contributed by atoms with E-state index in [1.165, 1.54) is 6.07 Å². The molecule has 0 unspecified atom stereocenters. The zero-order valence-electron chi connectivity index (χ0n) is 22.6. The Morgan fingerprint density at radius 1 is 0.767 bits per heavy atom. The molecule has 6 aromatic rings. The summed E-state index contributed by atoms with van der Waals surface area (Å²) in [6.07, 6.45) is 0. The Morgan fingerprint density at radius 2 is 1.47 bits per heavy atom. The normalized spacial score (nSPS) is 11.6. The largest absolute Gasteiger partial charge is 0.507 e. The molecule has 0 atom stereocenters. The highest BCUT2D eigenvalue weighted by molar-refractivity contribution is 7.99. The summed E-state index contributed by atoms with van der Waals surface area (Å²) < 4.78 is 32.5. The number of aliphatic hydroxyl groups excluding tert-OH is 1. The number of aromatic hydroxyl groups is 1. The molecule has 0 aliphatic carbocycles. The highest BCUT2D eigenvalue weighted by Crippen LogP contribution is 2.35. The number of anilines is 3. The van der Waals surface area contributed by atoms with Crippen molar-refractivity contribution in [2.75, 3.05) is 10.6 Å². The first-order chi connectivity index (χ1) is 20.8. The minimum absolute atomic E-state index is 0.0350. The van der Waals surface area contributed by atoms with Gasteiger partial charge in [0.05, 0.1) is 17.0 Å². The average Bonchev–Trinajstić information content (AvgIpc) is 3.00. The summed E-state index contributed by atoms with van der Waals surface area (Å²) in [4.78, 5) is 11.1. The second-order valence-electron chi connectivity index (χ2n) is 9.72. The quantitative estimate of drug-likeness (QED) is 0.112. The minimum atomic E-state index is -4.46. The zero-order chi connectivity index (χ0) is 30.0. The van der Waals surface area contributed by atoms with Gasteiger partial charge in [0.2, 0.25) is 5.95 Å². The predicted octanol–water partition coefficient (Wildman–Crippen LogP) is 6.73. The number of benzene rings is 5. The van der Waals surface area contributed by atoms with E-state index in [1.807, 2.05) is 72.8 Å². The highest BCUT2D eigenvalue weighted by Gasteiger charge is 2.15. The molecule has 5 N–H and O–H groups in total. The van der Waals surface area contributed by atoms with Gasteiger partial charge < -0.3 is 20.8 Å². The van der Waals surface area contributed by atoms with Gasteiger partial charge in [-0.25, -0.2) is 4.98 Å². The number of rotatable bonds is 9. The SMILES string of the molecule is O=S(=O)(O)c1cc(O)c2cc(Nc3nc(NCc4ccccc4Sc4ccccc4CO)nc4ccccc34)ccc2c1. The van der Waals surface area contributed by atoms with Gasteiger partial charge >= 0.3 is 0 Å². The van der Waals surface area contributed by atoms with E-state index >= 15 is 0 Å². The van der Waals surface area contributed by atoms with Gasteiger partial charge in [0.1, 0.15) is 11.6 Å². The van der Waals surface area contributed by atoms with E-state index in [4.69, 9.17) is 9.97 Å². The van der Waals surface area contributed by atoms with Crippen molar-refractivity contribution in [3.8, 4) is 5.75 Å². The first kappa shape index (κ1) is 28.4. The van der Waals surface area contributed by atoms with E-state index in [2.05, 4.69) is 10.6 Å². The van der Waals surface area contributed by atoms with Crippen molar-refractivity contribution in [3.05, 3.63) is 114 Å². The molecule has 0 saturated heterocycles. The van der Waals surface area contributed by atoms with Crippen LogP contribution in [0.3, 0.4) is 0 Å². The Morgan fingerprint density at radius 3 is 2.23 bits per heavy atom. The number of para-hydroxylation sites is 1. The number of phenolic OH excluding ortho intramolecular Hbond substituents is 1. The van der Waals surface area contributed by atoms with Gasteiger partial charge in [0.25, 0.3) is 10.1 Å². The highest BCUT2D eigenvalue weighted by atomic mass is 32.2. The summed E-state index contributed by atoms with van der Waals surface area (Å²) in [5.74, 6) is 0.682. The summed E-state index contributed by atoms with van der Waals surface area (Å²) in [6, 6.07) is 30.8. The Kier molecular flexibility index (Phi) is 7.87. The van der Waals surface area contributed by atoms with Crippen LogP contribution in [0.1, 0.15) is 11.1 Å². The molecule has 0 saturated carbocycles. The molecule has 11 heteroatoms. The van der Waals surface area contributed by atoms with Gasteiger partial charge in [-0.1, -0.05) is 66.4 Å². The molecule has 0 amide bonds. The average molecular weight is 611 g/mol. The molecule has 0 aliphatic rings. The van der Waals surface area contributed by atoms with Crippen LogP contribution in [-0.4, -0.2) is 33.2 Å². The van der Waals surface area contributed by atoms with Gasteiger partial charge in [0, 0.05) is 38.9 Å². The molecule has 6 rings (SSSR count). The van der Waals surface area contributed by atoms with E-state index in [0.29, 0.717) is 34.8 Å². The number of hydrogen-bond acceptors (Lipinski definition) is 9. The van der Waals surface area contributed by atoms with Crippen molar-refractivity contribution in [3.63, 3.8) is 0 Å². The van der Waals surface area contributed by atoms with E-state index < -0.39 is 10.1 Å². The van der Waals surface area contributed by atoms with Crippen molar-refractivity contribution >= 4 is 61.0 Å². The molecule has 0 aliphatic heterocycles. The molecule has 0 spiro atoms. The number of aliphatic hydroxyl groups is 1. The fraction of sp³-hybridized carbons (Fsp3) is 0.0625. The minimum Gasteiger partial charge on any atom is -0.507 e. The third kappa shape index (κ3) is 6.25. The lowest BCUT2D eigenvalue weighted by molar-refractivity contribution is 0.279. The summed E-state index contributed by atoms with van der Waals surface area (Å²) in [5.41, 5.74) is 3.25. The molecule has 5 aromatic carbocycles. The molecular weight excluding hydrogens is 585 g/mol. The van der Waals surface area contributed by atoms with E-state index in [1.54, 1.807) is 30.0 Å². The number of aromatic nitrogens is 2. The Labute approximate surface area is 252 Å². The Balaban J connectivity index is 1.29. The van der Waals surface area contributed by atoms with Crippen LogP contribution in [0.4, 0.5) is 17.5 Å². The van der Waals surface area contributed by atoms with Crippen LogP contribution in [0.15, 0.2) is 118 Å². The van der Waals surface area contributed by atoms with Crippen LogP contribution in [0.25, 0.3) is 21.7 Å². The van der Waals surface area contributed by atoms with Gasteiger partial charge in [-0.15, -0.1) is 0 Å². The molecule has 216 valence electrons. The number of fused-ring (bicyclic) bond motifs is 2. The molecule has 0 radical (unpaired) electrons. The van der Waals surface area contributed by atoms with Gasteiger partial charge in [-0.2, -0.15) is 13.4 Å². The van der Waals surface area contributed by atoms with Crippen molar-refractivity contribution in [2.24, 2.45) is 0 Å². The number of hydrogen-bond donors (Lipinski definition) is 5. The summed E-state index contributed by atoms with van der Waals surface area (Å²) in [7, 11) is -4.46. The predicted molar refractivity (Wildman–Crippen MR) is 169 cm³/mol. The monoisotopic (exact) mass is 610 g/mol. The van der Waals surface area contributed by atoms with Gasteiger partial charge in [-0.3, -0.25) is 4.55 Å². The third-order valence-electron chi connectivity index (χ3n) is 6.84. The lowest BCUT2D eigenvalue weighted by Crippen LogP contribution is -2.07. The van der Waals surface area contributed by atoms with Crippen LogP contribution >= 0.6 is 11.8 Å². The number of nitrogens with zero attached hydrogens (tertiary/aromatic N) is 2. The maximum atomic E-state index is 11.6. The van der Waals surface area contributed by atoms with Crippen LogP contribution in [0, 0.1) is 0 Å². The first-order valence-corrected chi connectivity index (χ1v) is 15.5. The molecule has 1 heterocycles. The van der Waals surface area contributed by atoms with Crippen LogP contribution < -0.4 is 10.6 Å². The smallest absolute Gasteiger partial charge is 0.294 e. The lowest BCUT2D eigenvalue weighted by atomic mass is 10.1. The summed E-state index contributed by atoms with van der Waals surface area (Å²) in [6.45, 7) is 0.426. The van der Waals surface area contributed by atoms with Crippen molar-refractivity contribution < 1.29 is 23.2 Å². The van der Waals surface area contributed by atoms with Crippen LogP contribution in [0.2, 0.25) is 0 Å². The second-order valence-corrected chi connectivity index (χ2v) is 12.2. The zero-order valence-corrected chi connectivity index (χ0v) is 24.2. The maximum Gasteiger partial charge on any atom is 0.294 e. The Bertz CT molecular complexity index is 2090. The third-order valence-corrected chi connectivity index (χ3v) is 8.91. The standard InChI is InChI=1S/C32H26N4O5S2/c37-19-22-8-2-6-12-30(22)42-29-11-5-1-7-21(29)18-33-32-35-27-10-4-3-9-25(27)31(36-32)34-23-14-13-20-15-24(43(39,40)41)17-28(38)26(20)16-23/h1-17,37-38H,18-19H2,(H,39,40,41)(H2,33,34,35,36). The number of nitrogens with one attached hydrogen (secondary N) is 2. The summed E-state index contributed by atoms with van der Waals surface area (Å²) in [5, 5.41) is 28.5. The van der Waals surface area contributed by atoms with Gasteiger partial charge in [0.15, 0.2) is 0 Å². The first-order valence-electron chi connectivity index (χ1n) is 13.2.